The van der Waals surface area contributed by atoms with Crippen molar-refractivity contribution in [2.75, 3.05) is 11.9 Å². The molecule has 0 bridgehead atoms. The number of carbonyl (C=O) groups excluding carboxylic acids is 1. The van der Waals surface area contributed by atoms with E-state index in [4.69, 9.17) is 11.6 Å². The summed E-state index contributed by atoms with van der Waals surface area (Å²) < 4.78 is 0. The maximum atomic E-state index is 11.4. The van der Waals surface area contributed by atoms with Gasteiger partial charge in [-0.1, -0.05) is 48.0 Å². The number of hydrogen-bond acceptors (Lipinski definition) is 8. The van der Waals surface area contributed by atoms with Crippen molar-refractivity contribution in [2.24, 2.45) is 0 Å². The van der Waals surface area contributed by atoms with Gasteiger partial charge in [-0.15, -0.1) is 0 Å². The molecule has 0 saturated carbocycles. The lowest BCUT2D eigenvalue weighted by Crippen LogP contribution is -2.35. The molecule has 1 fully saturated rings. The zero-order valence-corrected chi connectivity index (χ0v) is 24.0. The Labute approximate surface area is 248 Å². The van der Waals surface area contributed by atoms with Crippen LogP contribution in [0.25, 0.3) is 33.4 Å². The second-order valence-corrected chi connectivity index (χ2v) is 10.8. The van der Waals surface area contributed by atoms with Crippen LogP contribution < -0.4 is 16.0 Å². The van der Waals surface area contributed by atoms with Crippen LogP contribution in [-0.4, -0.2) is 43.5 Å². The van der Waals surface area contributed by atoms with Crippen LogP contribution in [0, 0.1) is 13.8 Å². The number of nitrogens with zero attached hydrogens (tertiary/aromatic N) is 4. The number of aromatic nitrogens is 4. The molecule has 3 aromatic heterocycles. The molecule has 212 valence electrons. The highest BCUT2D eigenvalue weighted by atomic mass is 35.5. The van der Waals surface area contributed by atoms with E-state index in [1.807, 2.05) is 68.4 Å². The van der Waals surface area contributed by atoms with E-state index >= 15 is 0 Å². The Kier molecular flexibility index (Phi) is 7.69. The standard InChI is InChI=1S/C32H30ClN7O2/c1-18-15-27-30(36-14-13-35-27)31(37-18)39-25-8-4-5-22(19(25)2)23-6-3-7-24(29(23)33)26-11-9-20(32(42)40-26)16-34-17-21-10-12-28(41)38-21/h3-9,11,13-15,21,34H,10,12,16-17H2,1-2H3,(H,37,39)(H,38,41)(H,40,42). The summed E-state index contributed by atoms with van der Waals surface area (Å²) in [7, 11) is 0. The molecule has 1 amide bonds. The van der Waals surface area contributed by atoms with Crippen molar-refractivity contribution < 1.29 is 9.90 Å². The fourth-order valence-electron chi connectivity index (χ4n) is 5.29. The third kappa shape index (κ3) is 5.61. The molecule has 2 aromatic carbocycles. The molecule has 0 radical (unpaired) electrons. The zero-order chi connectivity index (χ0) is 29.2. The summed E-state index contributed by atoms with van der Waals surface area (Å²) >= 11 is 7.00. The van der Waals surface area contributed by atoms with E-state index in [9.17, 15) is 9.90 Å². The average Bonchev–Trinajstić information content (AvgIpc) is 3.40. The first-order chi connectivity index (χ1) is 20.4. The first-order valence-corrected chi connectivity index (χ1v) is 14.2. The highest BCUT2D eigenvalue weighted by molar-refractivity contribution is 6.36. The van der Waals surface area contributed by atoms with E-state index in [0.29, 0.717) is 47.1 Å². The number of amides is 1. The topological polar surface area (TPSA) is 125 Å². The fraction of sp³-hybridized carbons (Fsp3) is 0.219. The molecule has 4 heterocycles. The SMILES string of the molecule is Cc1cc2nccnc2c(Nc2cccc(-c3cccc(-c4ccc(CNCC5CCC(=O)N5)c(O)n4)c3Cl)c2C)n1. The first-order valence-electron chi connectivity index (χ1n) is 13.8. The number of anilines is 2. The van der Waals surface area contributed by atoms with Crippen LogP contribution in [-0.2, 0) is 11.3 Å². The molecule has 6 rings (SSSR count). The van der Waals surface area contributed by atoms with Gasteiger partial charge in [0, 0.05) is 66.0 Å². The van der Waals surface area contributed by atoms with E-state index < -0.39 is 0 Å². The number of aryl methyl sites for hydroxylation is 1. The lowest BCUT2D eigenvalue weighted by Gasteiger charge is -2.16. The highest BCUT2D eigenvalue weighted by Crippen LogP contribution is 2.39. The maximum absolute atomic E-state index is 11.4. The van der Waals surface area contributed by atoms with Gasteiger partial charge >= 0.3 is 0 Å². The Morgan fingerprint density at radius 3 is 2.60 bits per heavy atom. The quantitative estimate of drug-likeness (QED) is 0.181. The summed E-state index contributed by atoms with van der Waals surface area (Å²) in [6.45, 7) is 5.04. The van der Waals surface area contributed by atoms with Gasteiger partial charge in [-0.05, 0) is 49.6 Å². The number of fused-ring (bicyclic) bond motifs is 1. The molecule has 1 aliphatic rings. The molecule has 42 heavy (non-hydrogen) atoms. The minimum atomic E-state index is -0.0553. The largest absolute Gasteiger partial charge is 0.493 e. The first kappa shape index (κ1) is 27.6. The molecule has 1 aliphatic heterocycles. The number of pyridine rings is 2. The van der Waals surface area contributed by atoms with E-state index in [2.05, 4.69) is 35.9 Å². The van der Waals surface area contributed by atoms with Gasteiger partial charge in [0.2, 0.25) is 11.8 Å². The van der Waals surface area contributed by atoms with Crippen molar-refractivity contribution in [1.82, 2.24) is 30.6 Å². The van der Waals surface area contributed by atoms with Crippen molar-refractivity contribution in [1.29, 1.82) is 0 Å². The maximum Gasteiger partial charge on any atom is 0.220 e. The summed E-state index contributed by atoms with van der Waals surface area (Å²) in [6, 6.07) is 17.5. The smallest absolute Gasteiger partial charge is 0.220 e. The van der Waals surface area contributed by atoms with Gasteiger partial charge in [-0.25, -0.2) is 15.0 Å². The average molecular weight is 580 g/mol. The molecule has 4 N–H and O–H groups in total. The molecular formula is C32H30ClN7O2. The van der Waals surface area contributed by atoms with E-state index in [0.717, 1.165) is 45.6 Å². The van der Waals surface area contributed by atoms with Gasteiger partial charge in [0.1, 0.15) is 5.52 Å². The lowest BCUT2D eigenvalue weighted by atomic mass is 9.96. The van der Waals surface area contributed by atoms with Gasteiger partial charge in [0.05, 0.1) is 16.2 Å². The summed E-state index contributed by atoms with van der Waals surface area (Å²) in [6.07, 6.45) is 4.71. The predicted molar refractivity (Wildman–Crippen MR) is 165 cm³/mol. The summed E-state index contributed by atoms with van der Waals surface area (Å²) in [5.41, 5.74) is 7.96. The summed E-state index contributed by atoms with van der Waals surface area (Å²) in [5, 5.41) is 20.9. The number of carbonyl (C=O) groups is 1. The van der Waals surface area contributed by atoms with Gasteiger partial charge < -0.3 is 21.1 Å². The Hall–Kier alpha value is -4.60. The Morgan fingerprint density at radius 1 is 1.00 bits per heavy atom. The molecule has 5 aromatic rings. The third-order valence-electron chi connectivity index (χ3n) is 7.48. The Bertz CT molecular complexity index is 1810. The fourth-order valence-corrected chi connectivity index (χ4v) is 5.61. The van der Waals surface area contributed by atoms with Crippen LogP contribution in [0.4, 0.5) is 11.5 Å². The number of aromatic hydroxyl groups is 1. The van der Waals surface area contributed by atoms with Gasteiger partial charge in [0.15, 0.2) is 5.82 Å². The monoisotopic (exact) mass is 579 g/mol. The van der Waals surface area contributed by atoms with Crippen molar-refractivity contribution in [2.45, 2.75) is 39.3 Å². The van der Waals surface area contributed by atoms with Crippen LogP contribution in [0.2, 0.25) is 5.02 Å². The van der Waals surface area contributed by atoms with E-state index in [1.165, 1.54) is 0 Å². The molecule has 0 aliphatic carbocycles. The Balaban J connectivity index is 1.25. The highest BCUT2D eigenvalue weighted by Gasteiger charge is 2.20. The zero-order valence-electron chi connectivity index (χ0n) is 23.3. The molecule has 10 heteroatoms. The molecular weight excluding hydrogens is 550 g/mol. The van der Waals surface area contributed by atoms with Crippen LogP contribution >= 0.6 is 11.6 Å². The number of hydrogen-bond donors (Lipinski definition) is 4. The van der Waals surface area contributed by atoms with Crippen molar-refractivity contribution in [3.63, 3.8) is 0 Å². The predicted octanol–water partition coefficient (Wildman–Crippen LogP) is 5.84. The third-order valence-corrected chi connectivity index (χ3v) is 7.89. The molecule has 0 spiro atoms. The van der Waals surface area contributed by atoms with Crippen molar-refractivity contribution in [3.8, 4) is 28.3 Å². The number of rotatable bonds is 8. The van der Waals surface area contributed by atoms with Gasteiger partial charge in [-0.3, -0.25) is 9.78 Å². The summed E-state index contributed by atoms with van der Waals surface area (Å²) in [5.74, 6) is 0.667. The van der Waals surface area contributed by atoms with Crippen LogP contribution in [0.3, 0.4) is 0 Å². The van der Waals surface area contributed by atoms with Crippen molar-refractivity contribution in [3.05, 3.63) is 88.8 Å². The van der Waals surface area contributed by atoms with Crippen LogP contribution in [0.1, 0.15) is 29.7 Å². The van der Waals surface area contributed by atoms with Gasteiger partial charge in [0.25, 0.3) is 0 Å². The second kappa shape index (κ2) is 11.7. The second-order valence-electron chi connectivity index (χ2n) is 10.4. The van der Waals surface area contributed by atoms with E-state index in [1.54, 1.807) is 12.4 Å². The molecule has 1 unspecified atom stereocenters. The summed E-state index contributed by atoms with van der Waals surface area (Å²) in [4.78, 5) is 29.5. The van der Waals surface area contributed by atoms with Gasteiger partial charge in [-0.2, -0.15) is 0 Å². The minimum absolute atomic E-state index is 0.0553. The van der Waals surface area contributed by atoms with Crippen LogP contribution in [0.5, 0.6) is 5.88 Å². The van der Waals surface area contributed by atoms with Crippen LogP contribution in [0.15, 0.2) is 67.0 Å². The minimum Gasteiger partial charge on any atom is -0.493 e. The number of nitrogens with one attached hydrogen (secondary N) is 3. The number of halogens is 1. The van der Waals surface area contributed by atoms with E-state index in [-0.39, 0.29) is 17.8 Å². The molecule has 1 atom stereocenters. The lowest BCUT2D eigenvalue weighted by molar-refractivity contribution is -0.119. The number of benzene rings is 2. The molecule has 9 nitrogen and oxygen atoms in total. The molecule has 1 saturated heterocycles. The van der Waals surface area contributed by atoms with Crippen molar-refractivity contribution >= 4 is 40.0 Å². The normalized spacial score (nSPS) is 14.7. The Morgan fingerprint density at radius 2 is 1.79 bits per heavy atom.